The van der Waals surface area contributed by atoms with Crippen molar-refractivity contribution in [2.75, 3.05) is 12.1 Å². The predicted octanol–water partition coefficient (Wildman–Crippen LogP) is 1.47. The molecular formula is C15H17N3O2. The molecule has 104 valence electrons. The molecule has 2 rings (SSSR count). The predicted molar refractivity (Wildman–Crippen MR) is 78.7 cm³/mol. The molecule has 2 aromatic rings. The smallest absolute Gasteiger partial charge is 0.286 e. The number of rotatable bonds is 3. The number of pyridine rings is 1. The van der Waals surface area contributed by atoms with E-state index in [-0.39, 0.29) is 11.5 Å². The molecule has 0 aliphatic heterocycles. The van der Waals surface area contributed by atoms with Crippen LogP contribution in [-0.4, -0.2) is 17.5 Å². The van der Waals surface area contributed by atoms with Crippen LogP contribution >= 0.6 is 0 Å². The number of carbonyl (C=O) groups excluding carboxylic acids is 1. The lowest BCUT2D eigenvalue weighted by Crippen LogP contribution is -2.41. The van der Waals surface area contributed by atoms with Gasteiger partial charge in [-0.05, 0) is 25.1 Å². The molecular weight excluding hydrogens is 254 g/mol. The number of amides is 1. The first-order chi connectivity index (χ1) is 9.49. The molecule has 0 bridgehead atoms. The number of hydrogen-bond donors (Lipinski definition) is 1. The van der Waals surface area contributed by atoms with Gasteiger partial charge >= 0.3 is 0 Å². The topological polar surface area (TPSA) is 54.3 Å². The zero-order chi connectivity index (χ0) is 14.7. The third-order valence-corrected chi connectivity index (χ3v) is 3.11. The molecule has 0 saturated heterocycles. The van der Waals surface area contributed by atoms with Crippen LogP contribution in [0.4, 0.5) is 5.69 Å². The van der Waals surface area contributed by atoms with Gasteiger partial charge in [0.15, 0.2) is 0 Å². The third-order valence-electron chi connectivity index (χ3n) is 3.11. The molecule has 0 radical (unpaired) electrons. The monoisotopic (exact) mass is 271 g/mol. The number of hydrogen-bond acceptors (Lipinski definition) is 3. The minimum Gasteiger partial charge on any atom is -0.307 e. The zero-order valence-electron chi connectivity index (χ0n) is 11.8. The van der Waals surface area contributed by atoms with Crippen molar-refractivity contribution in [3.63, 3.8) is 0 Å². The fourth-order valence-electron chi connectivity index (χ4n) is 1.83. The Hall–Kier alpha value is -2.56. The number of benzene rings is 1. The molecule has 0 atom stereocenters. The molecule has 1 aromatic heterocycles. The summed E-state index contributed by atoms with van der Waals surface area (Å²) in [6.07, 6.45) is 0. The number of aromatic nitrogens is 1. The number of carbonyl (C=O) groups is 1. The maximum absolute atomic E-state index is 12.2. The summed E-state index contributed by atoms with van der Waals surface area (Å²) >= 11 is 0. The molecule has 1 N–H and O–H groups in total. The summed E-state index contributed by atoms with van der Waals surface area (Å²) in [7, 11) is 3.33. The van der Waals surface area contributed by atoms with E-state index in [9.17, 15) is 9.59 Å². The van der Waals surface area contributed by atoms with Gasteiger partial charge in [-0.2, -0.15) is 0 Å². The largest absolute Gasteiger partial charge is 0.307 e. The Morgan fingerprint density at radius 3 is 2.45 bits per heavy atom. The van der Waals surface area contributed by atoms with Crippen molar-refractivity contribution in [1.82, 2.24) is 9.99 Å². The van der Waals surface area contributed by atoms with E-state index in [2.05, 4.69) is 5.43 Å². The van der Waals surface area contributed by atoms with Crippen molar-refractivity contribution in [3.05, 3.63) is 64.1 Å². The van der Waals surface area contributed by atoms with E-state index in [1.807, 2.05) is 31.2 Å². The fraction of sp³-hybridized carbons (Fsp3) is 0.200. The molecule has 0 aliphatic rings. The van der Waals surface area contributed by atoms with Gasteiger partial charge < -0.3 is 4.57 Å². The molecule has 0 unspecified atom stereocenters. The first-order valence-electron chi connectivity index (χ1n) is 6.26. The van der Waals surface area contributed by atoms with Crippen molar-refractivity contribution in [1.29, 1.82) is 0 Å². The number of aryl methyl sites for hydroxylation is 1. The van der Waals surface area contributed by atoms with E-state index < -0.39 is 0 Å². The van der Waals surface area contributed by atoms with Crippen LogP contribution in [0.1, 0.15) is 16.1 Å². The second-order valence-corrected chi connectivity index (χ2v) is 4.64. The summed E-state index contributed by atoms with van der Waals surface area (Å²) in [5.41, 5.74) is 4.86. The van der Waals surface area contributed by atoms with Crippen molar-refractivity contribution < 1.29 is 4.79 Å². The number of nitrogens with one attached hydrogen (secondary N) is 1. The van der Waals surface area contributed by atoms with Gasteiger partial charge in [-0.15, -0.1) is 0 Å². The van der Waals surface area contributed by atoms with Gasteiger partial charge in [-0.3, -0.25) is 20.0 Å². The van der Waals surface area contributed by atoms with Crippen LogP contribution in [0.15, 0.2) is 47.3 Å². The van der Waals surface area contributed by atoms with Crippen LogP contribution < -0.4 is 16.0 Å². The van der Waals surface area contributed by atoms with Crippen LogP contribution in [0.2, 0.25) is 0 Å². The summed E-state index contributed by atoms with van der Waals surface area (Å²) in [4.78, 5) is 23.7. The van der Waals surface area contributed by atoms with E-state index in [0.29, 0.717) is 5.69 Å². The SMILES string of the molecule is Cc1ccc(N(C)NC(=O)c2cccc(=O)n2C)cc1. The van der Waals surface area contributed by atoms with Gasteiger partial charge in [-0.1, -0.05) is 23.8 Å². The van der Waals surface area contributed by atoms with Crippen molar-refractivity contribution in [2.24, 2.45) is 7.05 Å². The minimum absolute atomic E-state index is 0.212. The van der Waals surface area contributed by atoms with Crippen molar-refractivity contribution in [3.8, 4) is 0 Å². The highest BCUT2D eigenvalue weighted by Crippen LogP contribution is 2.11. The van der Waals surface area contributed by atoms with Crippen molar-refractivity contribution >= 4 is 11.6 Å². The van der Waals surface area contributed by atoms with E-state index in [0.717, 1.165) is 11.3 Å². The lowest BCUT2D eigenvalue weighted by atomic mass is 10.2. The lowest BCUT2D eigenvalue weighted by Gasteiger charge is -2.21. The highest BCUT2D eigenvalue weighted by molar-refractivity contribution is 5.93. The second-order valence-electron chi connectivity index (χ2n) is 4.64. The van der Waals surface area contributed by atoms with Gasteiger partial charge in [0.1, 0.15) is 5.69 Å². The van der Waals surface area contributed by atoms with Gasteiger partial charge in [-0.25, -0.2) is 0 Å². The van der Waals surface area contributed by atoms with E-state index in [1.54, 1.807) is 31.2 Å². The molecule has 20 heavy (non-hydrogen) atoms. The first-order valence-corrected chi connectivity index (χ1v) is 6.26. The number of anilines is 1. The average Bonchev–Trinajstić information content (AvgIpc) is 2.42. The Morgan fingerprint density at radius 1 is 1.15 bits per heavy atom. The van der Waals surface area contributed by atoms with Crippen LogP contribution in [0.5, 0.6) is 0 Å². The highest BCUT2D eigenvalue weighted by atomic mass is 16.2. The lowest BCUT2D eigenvalue weighted by molar-refractivity contribution is 0.0942. The van der Waals surface area contributed by atoms with Crippen LogP contribution in [0.25, 0.3) is 0 Å². The van der Waals surface area contributed by atoms with E-state index in [4.69, 9.17) is 0 Å². The third kappa shape index (κ3) is 2.88. The van der Waals surface area contributed by atoms with Crippen LogP contribution in [0.3, 0.4) is 0 Å². The molecule has 5 heteroatoms. The number of nitrogens with zero attached hydrogens (tertiary/aromatic N) is 2. The Kier molecular flexibility index (Phi) is 3.89. The maximum atomic E-state index is 12.2. The fourth-order valence-corrected chi connectivity index (χ4v) is 1.83. The molecule has 0 spiro atoms. The van der Waals surface area contributed by atoms with E-state index >= 15 is 0 Å². The zero-order valence-corrected chi connectivity index (χ0v) is 11.8. The molecule has 1 amide bonds. The molecule has 0 fully saturated rings. The molecule has 0 aliphatic carbocycles. The summed E-state index contributed by atoms with van der Waals surface area (Å²) in [5, 5.41) is 1.62. The Bertz CT molecular complexity index is 674. The molecule has 5 nitrogen and oxygen atoms in total. The quantitative estimate of drug-likeness (QED) is 0.860. The average molecular weight is 271 g/mol. The first kappa shape index (κ1) is 13.9. The van der Waals surface area contributed by atoms with Crippen LogP contribution in [-0.2, 0) is 7.05 Å². The van der Waals surface area contributed by atoms with Gasteiger partial charge in [0.2, 0.25) is 0 Å². The van der Waals surface area contributed by atoms with E-state index in [1.165, 1.54) is 10.6 Å². The van der Waals surface area contributed by atoms with Gasteiger partial charge in [0, 0.05) is 20.2 Å². The number of hydrazine groups is 1. The minimum atomic E-state index is -0.326. The summed E-state index contributed by atoms with van der Waals surface area (Å²) in [5.74, 6) is -0.326. The highest BCUT2D eigenvalue weighted by Gasteiger charge is 2.11. The summed E-state index contributed by atoms with van der Waals surface area (Å²) in [6, 6.07) is 12.4. The normalized spacial score (nSPS) is 10.2. The Balaban J connectivity index is 2.17. The standard InChI is InChI=1S/C15H17N3O2/c1-11-7-9-12(10-8-11)18(3)16-15(20)13-5-4-6-14(19)17(13)2/h4-10H,1-3H3,(H,16,20). The van der Waals surface area contributed by atoms with Crippen molar-refractivity contribution in [2.45, 2.75) is 6.92 Å². The van der Waals surface area contributed by atoms with Gasteiger partial charge in [0.25, 0.3) is 11.5 Å². The summed E-state index contributed by atoms with van der Waals surface area (Å²) < 4.78 is 1.32. The summed E-state index contributed by atoms with van der Waals surface area (Å²) in [6.45, 7) is 2.00. The molecule has 1 heterocycles. The maximum Gasteiger partial charge on any atom is 0.286 e. The second kappa shape index (κ2) is 5.61. The molecule has 1 aromatic carbocycles. The molecule has 0 saturated carbocycles. The Labute approximate surface area is 117 Å². The van der Waals surface area contributed by atoms with Gasteiger partial charge in [0.05, 0.1) is 5.69 Å². The van der Waals surface area contributed by atoms with Crippen LogP contribution in [0, 0.1) is 6.92 Å². The Morgan fingerprint density at radius 2 is 1.80 bits per heavy atom.